The molecule has 1 aliphatic heterocycles. The average molecular weight is 655 g/mol. The van der Waals surface area contributed by atoms with E-state index in [0.717, 1.165) is 62.0 Å². The highest BCUT2D eigenvalue weighted by molar-refractivity contribution is 6.31. The molecule has 1 aromatic heterocycles. The number of carbonyl (C=O) groups is 2. The first-order valence-electron chi connectivity index (χ1n) is 14.6. The van der Waals surface area contributed by atoms with Crippen molar-refractivity contribution in [3.63, 3.8) is 0 Å². The molecule has 0 bridgehead atoms. The summed E-state index contributed by atoms with van der Waals surface area (Å²) in [4.78, 5) is 28.9. The van der Waals surface area contributed by atoms with Gasteiger partial charge >= 0.3 is 6.18 Å². The number of aliphatic hydroxyl groups is 1. The summed E-state index contributed by atoms with van der Waals surface area (Å²) in [6.07, 6.45) is 2.98. The fraction of sp³-hybridized carbons (Fsp3) is 0.281. The molecule has 0 saturated carbocycles. The van der Waals surface area contributed by atoms with Crippen LogP contribution in [0.1, 0.15) is 56.7 Å². The maximum Gasteiger partial charge on any atom is 0.417 e. The molecular formula is C32H32ClF3N7O3+. The van der Waals surface area contributed by atoms with E-state index in [-0.39, 0.29) is 23.4 Å². The molecule has 0 spiro atoms. The van der Waals surface area contributed by atoms with Crippen LogP contribution in [0.4, 0.5) is 24.5 Å². The van der Waals surface area contributed by atoms with Crippen LogP contribution >= 0.6 is 11.6 Å². The number of hydrogen-bond acceptors (Lipinski definition) is 6. The molecule has 0 atom stereocenters. The van der Waals surface area contributed by atoms with Crippen LogP contribution < -0.4 is 20.3 Å². The number of anilines is 2. The van der Waals surface area contributed by atoms with Gasteiger partial charge in [-0.05, 0) is 78.0 Å². The summed E-state index contributed by atoms with van der Waals surface area (Å²) in [5.74, 6) is -1.09. The number of hydrogen-bond donors (Lipinski definition) is 3. The van der Waals surface area contributed by atoms with Crippen LogP contribution in [-0.4, -0.2) is 52.5 Å². The predicted octanol–water partition coefficient (Wildman–Crippen LogP) is 4.89. The summed E-state index contributed by atoms with van der Waals surface area (Å²) in [6, 6.07) is 15.5. The van der Waals surface area contributed by atoms with E-state index in [2.05, 4.69) is 25.8 Å². The first-order valence-corrected chi connectivity index (χ1v) is 15.0. The minimum atomic E-state index is -4.64. The fourth-order valence-electron chi connectivity index (χ4n) is 5.12. The molecule has 10 nitrogen and oxygen atoms in total. The van der Waals surface area contributed by atoms with Crippen molar-refractivity contribution in [3.05, 3.63) is 106 Å². The summed E-state index contributed by atoms with van der Waals surface area (Å²) in [6.45, 7) is 2.43. The Morgan fingerprint density at radius 1 is 1.04 bits per heavy atom. The van der Waals surface area contributed by atoms with Gasteiger partial charge in [-0.3, -0.25) is 9.59 Å². The summed E-state index contributed by atoms with van der Waals surface area (Å²) >= 11 is 5.70. The molecule has 0 aliphatic carbocycles. The molecule has 2 amide bonds. The van der Waals surface area contributed by atoms with E-state index in [9.17, 15) is 22.8 Å². The third kappa shape index (κ3) is 8.29. The van der Waals surface area contributed by atoms with E-state index < -0.39 is 28.6 Å². The molecule has 1 fully saturated rings. The quantitative estimate of drug-likeness (QED) is 0.128. The maximum absolute atomic E-state index is 13.4. The molecular weight excluding hydrogens is 623 g/mol. The number of alkyl halides is 3. The van der Waals surface area contributed by atoms with Gasteiger partial charge < -0.3 is 15.3 Å². The lowest BCUT2D eigenvalue weighted by atomic mass is 10.1. The van der Waals surface area contributed by atoms with E-state index in [1.165, 1.54) is 6.07 Å². The zero-order valence-corrected chi connectivity index (χ0v) is 25.4. The molecule has 46 heavy (non-hydrogen) atoms. The zero-order valence-electron chi connectivity index (χ0n) is 24.7. The Hall–Kier alpha value is -4.75. The smallest absolute Gasteiger partial charge is 0.392 e. The van der Waals surface area contributed by atoms with Crippen LogP contribution in [0.5, 0.6) is 0 Å². The molecule has 5 rings (SSSR count). The summed E-state index contributed by atoms with van der Waals surface area (Å²) in [5, 5.41) is 19.6. The zero-order chi connectivity index (χ0) is 32.7. The van der Waals surface area contributed by atoms with E-state index >= 15 is 0 Å². The Balaban J connectivity index is 1.35. The Labute approximate surface area is 268 Å². The number of nitrogens with zero attached hydrogens (tertiary/aromatic N) is 5. The first kappa shape index (κ1) is 32.6. The highest BCUT2D eigenvalue weighted by Gasteiger charge is 2.33. The normalized spacial score (nSPS) is 13.6. The topological polar surface area (TPSA) is 116 Å². The molecule has 4 aromatic rings. The van der Waals surface area contributed by atoms with Crippen LogP contribution in [0.25, 0.3) is 0 Å². The van der Waals surface area contributed by atoms with Crippen LogP contribution in [0.15, 0.2) is 78.4 Å². The fourth-order valence-corrected chi connectivity index (χ4v) is 5.35. The monoisotopic (exact) mass is 654 g/mol. The number of halogens is 4. The Morgan fingerprint density at radius 3 is 2.61 bits per heavy atom. The second kappa shape index (κ2) is 14.6. The summed E-state index contributed by atoms with van der Waals surface area (Å²) in [7, 11) is 0. The third-order valence-electron chi connectivity index (χ3n) is 7.41. The Bertz CT molecular complexity index is 1740. The lowest BCUT2D eigenvalue weighted by Gasteiger charge is -2.29. The second-order valence-corrected chi connectivity index (χ2v) is 11.2. The van der Waals surface area contributed by atoms with Gasteiger partial charge in [0.25, 0.3) is 18.1 Å². The van der Waals surface area contributed by atoms with Crippen LogP contribution in [-0.2, 0) is 19.3 Å². The van der Waals surface area contributed by atoms with Crippen molar-refractivity contribution in [1.82, 2.24) is 15.1 Å². The standard InChI is InChI=1S/C32H31ClF3N7O3/c33-28-9-7-22(16-27(28)32(34,35)36)18-37-40-31(46)26-17-25(42-11-2-1-3-12-42)8-10-29(26)39-30(45)24-6-4-5-23(15-24)19-41-20-38-43(21-41)13-14-44/h4-10,15-18,20-21,44H,1-3,11-14,19H2,(H-,39,40,45,46)/p+1/b37-18+. The molecule has 240 valence electrons. The highest BCUT2D eigenvalue weighted by atomic mass is 35.5. The summed E-state index contributed by atoms with van der Waals surface area (Å²) < 4.78 is 43.2. The van der Waals surface area contributed by atoms with Crippen LogP contribution in [0.2, 0.25) is 5.02 Å². The van der Waals surface area contributed by atoms with Gasteiger partial charge in [-0.1, -0.05) is 29.8 Å². The third-order valence-corrected chi connectivity index (χ3v) is 7.74. The molecule has 14 heteroatoms. The van der Waals surface area contributed by atoms with Crippen molar-refractivity contribution in [2.24, 2.45) is 5.10 Å². The molecule has 0 unspecified atom stereocenters. The van der Waals surface area contributed by atoms with Crippen molar-refractivity contribution >= 4 is 41.0 Å². The Kier molecular flexibility index (Phi) is 10.3. The number of hydrazone groups is 1. The van der Waals surface area contributed by atoms with Gasteiger partial charge in [0.2, 0.25) is 6.33 Å². The minimum Gasteiger partial charge on any atom is -0.392 e. The molecule has 3 aromatic carbocycles. The van der Waals surface area contributed by atoms with Gasteiger partial charge in [0.15, 0.2) is 0 Å². The molecule has 1 aliphatic rings. The van der Waals surface area contributed by atoms with E-state index in [4.69, 9.17) is 16.7 Å². The van der Waals surface area contributed by atoms with Crippen molar-refractivity contribution in [2.45, 2.75) is 38.5 Å². The Morgan fingerprint density at radius 2 is 1.85 bits per heavy atom. The maximum atomic E-state index is 13.4. The highest BCUT2D eigenvalue weighted by Crippen LogP contribution is 2.35. The number of aliphatic hydroxyl groups excluding tert-OH is 1. The first-order chi connectivity index (χ1) is 22.1. The molecule has 0 radical (unpaired) electrons. The largest absolute Gasteiger partial charge is 0.417 e. The number of carbonyl (C=O) groups excluding carboxylic acids is 2. The molecule has 1 saturated heterocycles. The van der Waals surface area contributed by atoms with Gasteiger partial charge in [0, 0.05) is 24.3 Å². The van der Waals surface area contributed by atoms with Crippen molar-refractivity contribution < 1.29 is 32.5 Å². The summed E-state index contributed by atoms with van der Waals surface area (Å²) in [5.41, 5.74) is 3.85. The van der Waals surface area contributed by atoms with Gasteiger partial charge in [0.1, 0.15) is 13.1 Å². The number of rotatable bonds is 10. The number of amides is 2. The van der Waals surface area contributed by atoms with E-state index in [1.54, 1.807) is 47.7 Å². The van der Waals surface area contributed by atoms with Crippen LogP contribution in [0, 0.1) is 0 Å². The minimum absolute atomic E-state index is 0.0339. The van der Waals surface area contributed by atoms with E-state index in [0.29, 0.717) is 18.7 Å². The van der Waals surface area contributed by atoms with Gasteiger partial charge in [0.05, 0.1) is 34.7 Å². The lowest BCUT2D eigenvalue weighted by molar-refractivity contribution is -0.752. The molecule has 3 N–H and O–H groups in total. The van der Waals surface area contributed by atoms with Crippen molar-refractivity contribution in [2.75, 3.05) is 29.9 Å². The van der Waals surface area contributed by atoms with Crippen molar-refractivity contribution in [1.29, 1.82) is 0 Å². The van der Waals surface area contributed by atoms with Crippen LogP contribution in [0.3, 0.4) is 0 Å². The SMILES string of the molecule is O=C(Nc1ccc(N2CCCCC2)cc1C(=O)N/N=C/c1ccc(Cl)c(C(F)(F)F)c1)c1cccc(Cn2cn[n+](CCO)c2)c1. The number of piperidine rings is 1. The predicted molar refractivity (Wildman–Crippen MR) is 167 cm³/mol. The number of aromatic nitrogens is 3. The lowest BCUT2D eigenvalue weighted by Crippen LogP contribution is -2.36. The second-order valence-electron chi connectivity index (χ2n) is 10.8. The van der Waals surface area contributed by atoms with E-state index in [1.807, 2.05) is 16.7 Å². The van der Waals surface area contributed by atoms with Gasteiger partial charge in [-0.15, -0.1) is 4.68 Å². The average Bonchev–Trinajstić information content (AvgIpc) is 3.48. The molecule has 2 heterocycles. The van der Waals surface area contributed by atoms with Gasteiger partial charge in [-0.25, -0.2) is 9.99 Å². The van der Waals surface area contributed by atoms with Crippen molar-refractivity contribution in [3.8, 4) is 0 Å². The number of benzene rings is 3. The van der Waals surface area contributed by atoms with Gasteiger partial charge in [-0.2, -0.15) is 18.3 Å². The number of nitrogens with one attached hydrogen (secondary N) is 2.